The first-order valence-electron chi connectivity index (χ1n) is 7.25. The summed E-state index contributed by atoms with van der Waals surface area (Å²) in [6, 6.07) is 6.07. The minimum atomic E-state index is -2.89. The van der Waals surface area contributed by atoms with Gasteiger partial charge in [0.1, 0.15) is 0 Å². The summed E-state index contributed by atoms with van der Waals surface area (Å²) in [6.07, 6.45) is 2.12. The van der Waals surface area contributed by atoms with Crippen LogP contribution in [-0.2, 0) is 16.3 Å². The lowest BCUT2D eigenvalue weighted by molar-refractivity contribution is 0.198. The molecule has 1 saturated heterocycles. The Morgan fingerprint density at radius 2 is 2.20 bits per heavy atom. The lowest BCUT2D eigenvalue weighted by Crippen LogP contribution is -2.42. The van der Waals surface area contributed by atoms with Crippen molar-refractivity contribution >= 4 is 15.5 Å². The maximum atomic E-state index is 11.8. The molecule has 2 aliphatic heterocycles. The molecule has 1 aromatic carbocycles. The largest absolute Gasteiger partial charge is 0.389 e. The van der Waals surface area contributed by atoms with Crippen LogP contribution in [-0.4, -0.2) is 37.6 Å². The quantitative estimate of drug-likeness (QED) is 0.902. The van der Waals surface area contributed by atoms with Gasteiger partial charge in [0.05, 0.1) is 17.6 Å². The number of hydrogen-bond acceptors (Lipinski definition) is 4. The van der Waals surface area contributed by atoms with Crippen molar-refractivity contribution in [2.45, 2.75) is 38.3 Å². The molecule has 2 atom stereocenters. The van der Waals surface area contributed by atoms with E-state index in [-0.39, 0.29) is 11.8 Å². The molecule has 0 aliphatic carbocycles. The van der Waals surface area contributed by atoms with Gasteiger partial charge in [-0.3, -0.25) is 0 Å². The highest BCUT2D eigenvalue weighted by atomic mass is 32.2. The Bertz CT molecular complexity index is 610. The van der Waals surface area contributed by atoms with Gasteiger partial charge < -0.3 is 10.0 Å². The summed E-state index contributed by atoms with van der Waals surface area (Å²) in [4.78, 5) is 2.23. The predicted molar refractivity (Wildman–Crippen MR) is 79.8 cm³/mol. The molecule has 0 bridgehead atoms. The third-order valence-corrected chi connectivity index (χ3v) is 6.23. The van der Waals surface area contributed by atoms with Gasteiger partial charge in [0.25, 0.3) is 0 Å². The predicted octanol–water partition coefficient (Wildman–Crippen LogP) is 1.68. The van der Waals surface area contributed by atoms with Crippen molar-refractivity contribution in [2.24, 2.45) is 0 Å². The van der Waals surface area contributed by atoms with Gasteiger partial charge in [-0.15, -0.1) is 0 Å². The van der Waals surface area contributed by atoms with Crippen molar-refractivity contribution in [3.8, 4) is 0 Å². The summed E-state index contributed by atoms with van der Waals surface area (Å²) >= 11 is 0. The first-order valence-corrected chi connectivity index (χ1v) is 9.07. The molecule has 5 heteroatoms. The van der Waals surface area contributed by atoms with Crippen molar-refractivity contribution in [3.63, 3.8) is 0 Å². The fraction of sp³-hybridized carbons (Fsp3) is 0.600. The average molecular weight is 295 g/mol. The monoisotopic (exact) mass is 295 g/mol. The summed E-state index contributed by atoms with van der Waals surface area (Å²) in [6.45, 7) is 2.64. The molecule has 0 aromatic heterocycles. The van der Waals surface area contributed by atoms with E-state index in [1.807, 2.05) is 12.1 Å². The molecule has 2 unspecified atom stereocenters. The summed E-state index contributed by atoms with van der Waals surface area (Å²) in [5.74, 6) is 0.600. The molecule has 2 aliphatic rings. The number of benzene rings is 1. The number of hydrogen-bond donors (Lipinski definition) is 1. The van der Waals surface area contributed by atoms with Gasteiger partial charge in [0.15, 0.2) is 9.84 Å². The van der Waals surface area contributed by atoms with Gasteiger partial charge in [-0.2, -0.15) is 0 Å². The number of fused-ring (bicyclic) bond motifs is 1. The van der Waals surface area contributed by atoms with E-state index >= 15 is 0 Å². The number of nitrogens with zero attached hydrogens (tertiary/aromatic N) is 1. The van der Waals surface area contributed by atoms with Crippen LogP contribution in [0.1, 0.15) is 37.0 Å². The Labute approximate surface area is 120 Å². The smallest absolute Gasteiger partial charge is 0.152 e. The van der Waals surface area contributed by atoms with E-state index in [0.717, 1.165) is 37.1 Å². The lowest BCUT2D eigenvalue weighted by Gasteiger charge is -2.33. The van der Waals surface area contributed by atoms with Gasteiger partial charge >= 0.3 is 0 Å². The van der Waals surface area contributed by atoms with Crippen LogP contribution in [0, 0.1) is 0 Å². The second-order valence-electron chi connectivity index (χ2n) is 5.87. The zero-order valence-corrected chi connectivity index (χ0v) is 12.6. The molecule has 2 heterocycles. The van der Waals surface area contributed by atoms with Crippen LogP contribution >= 0.6 is 0 Å². The van der Waals surface area contributed by atoms with Crippen molar-refractivity contribution in [1.82, 2.24) is 0 Å². The Hall–Kier alpha value is -1.07. The lowest BCUT2D eigenvalue weighted by atomic mass is 10.0. The van der Waals surface area contributed by atoms with Crippen molar-refractivity contribution < 1.29 is 13.5 Å². The first-order chi connectivity index (χ1) is 9.48. The SMILES string of the molecule is CC(O)c1cccc2c1CCN2C1CCCS(=O)(=O)C1. The molecule has 0 amide bonds. The van der Waals surface area contributed by atoms with Gasteiger partial charge in [0, 0.05) is 18.3 Å². The zero-order valence-electron chi connectivity index (χ0n) is 11.7. The minimum absolute atomic E-state index is 0.0965. The molecule has 1 aromatic rings. The first kappa shape index (κ1) is 13.9. The molecule has 110 valence electrons. The summed E-state index contributed by atoms with van der Waals surface area (Å²) in [5, 5.41) is 9.85. The van der Waals surface area contributed by atoms with Gasteiger partial charge in [-0.25, -0.2) is 8.42 Å². The van der Waals surface area contributed by atoms with E-state index in [1.165, 1.54) is 5.56 Å². The number of aliphatic hydroxyl groups is 1. The molecule has 4 nitrogen and oxygen atoms in total. The third kappa shape index (κ3) is 2.44. The van der Waals surface area contributed by atoms with Crippen molar-refractivity contribution in [2.75, 3.05) is 23.0 Å². The Morgan fingerprint density at radius 3 is 2.90 bits per heavy atom. The van der Waals surface area contributed by atoms with Crippen LogP contribution in [0.3, 0.4) is 0 Å². The number of sulfone groups is 1. The molecular formula is C15H21NO3S. The van der Waals surface area contributed by atoms with Crippen LogP contribution < -0.4 is 4.90 Å². The Morgan fingerprint density at radius 1 is 1.40 bits per heavy atom. The van der Waals surface area contributed by atoms with Crippen LogP contribution in [0.5, 0.6) is 0 Å². The average Bonchev–Trinajstić information content (AvgIpc) is 2.80. The topological polar surface area (TPSA) is 57.6 Å². The van der Waals surface area contributed by atoms with Gasteiger partial charge in [0.2, 0.25) is 0 Å². The Kier molecular flexibility index (Phi) is 3.50. The number of aliphatic hydroxyl groups excluding tert-OH is 1. The van der Waals surface area contributed by atoms with E-state index in [9.17, 15) is 13.5 Å². The second kappa shape index (κ2) is 5.04. The summed E-state index contributed by atoms with van der Waals surface area (Å²) in [5.41, 5.74) is 3.28. The normalized spacial score (nSPS) is 26.3. The zero-order chi connectivity index (χ0) is 14.3. The summed E-state index contributed by atoms with van der Waals surface area (Å²) < 4.78 is 23.7. The minimum Gasteiger partial charge on any atom is -0.389 e. The molecule has 3 rings (SSSR count). The maximum absolute atomic E-state index is 11.8. The summed E-state index contributed by atoms with van der Waals surface area (Å²) in [7, 11) is -2.89. The van der Waals surface area contributed by atoms with Crippen molar-refractivity contribution in [1.29, 1.82) is 0 Å². The van der Waals surface area contributed by atoms with E-state index in [2.05, 4.69) is 11.0 Å². The van der Waals surface area contributed by atoms with E-state index in [0.29, 0.717) is 5.75 Å². The van der Waals surface area contributed by atoms with Crippen LogP contribution in [0.25, 0.3) is 0 Å². The molecule has 0 radical (unpaired) electrons. The van der Waals surface area contributed by atoms with Gasteiger partial charge in [-0.1, -0.05) is 12.1 Å². The molecule has 20 heavy (non-hydrogen) atoms. The molecule has 0 saturated carbocycles. The fourth-order valence-electron chi connectivity index (χ4n) is 3.50. The van der Waals surface area contributed by atoms with E-state index in [1.54, 1.807) is 6.92 Å². The van der Waals surface area contributed by atoms with E-state index in [4.69, 9.17) is 0 Å². The highest BCUT2D eigenvalue weighted by molar-refractivity contribution is 7.91. The second-order valence-corrected chi connectivity index (χ2v) is 8.10. The molecule has 1 fully saturated rings. The highest BCUT2D eigenvalue weighted by Gasteiger charge is 2.33. The standard InChI is InChI=1S/C15H21NO3S/c1-11(17)13-5-2-6-15-14(13)7-8-16(15)12-4-3-9-20(18,19)10-12/h2,5-6,11-12,17H,3-4,7-10H2,1H3. The van der Waals surface area contributed by atoms with Gasteiger partial charge in [-0.05, 0) is 43.4 Å². The number of anilines is 1. The molecule has 1 N–H and O–H groups in total. The van der Waals surface area contributed by atoms with Crippen LogP contribution in [0.15, 0.2) is 18.2 Å². The Balaban J connectivity index is 1.92. The highest BCUT2D eigenvalue weighted by Crippen LogP contribution is 2.36. The van der Waals surface area contributed by atoms with Crippen LogP contribution in [0.2, 0.25) is 0 Å². The molecule has 0 spiro atoms. The number of rotatable bonds is 2. The van der Waals surface area contributed by atoms with Crippen LogP contribution in [0.4, 0.5) is 5.69 Å². The third-order valence-electron chi connectivity index (χ3n) is 4.43. The molecular weight excluding hydrogens is 274 g/mol. The maximum Gasteiger partial charge on any atom is 0.152 e. The fourth-order valence-corrected chi connectivity index (χ4v) is 5.21. The van der Waals surface area contributed by atoms with E-state index < -0.39 is 15.9 Å². The van der Waals surface area contributed by atoms with Crippen molar-refractivity contribution in [3.05, 3.63) is 29.3 Å².